The Bertz CT molecular complexity index is 2020. The van der Waals surface area contributed by atoms with Gasteiger partial charge in [0, 0.05) is 22.8 Å². The van der Waals surface area contributed by atoms with Crippen LogP contribution in [0, 0.1) is 5.92 Å². The maximum Gasteiger partial charge on any atom is 0.471 e. The third-order valence-electron chi connectivity index (χ3n) is 11.1. The highest BCUT2D eigenvalue weighted by Gasteiger charge is 2.66. The zero-order valence-electron chi connectivity index (χ0n) is 29.9. The summed E-state index contributed by atoms with van der Waals surface area (Å²) in [6, 6.07) is 16.4. The molecule has 2 fully saturated rings. The van der Waals surface area contributed by atoms with Crippen LogP contribution in [0.4, 0.5) is 24.5 Å². The molecule has 2 amide bonds. The number of halogens is 3. The van der Waals surface area contributed by atoms with Crippen molar-refractivity contribution in [2.24, 2.45) is 5.92 Å². The number of carbonyl (C=O) groups excluding carboxylic acids is 2. The number of amides is 2. The van der Waals surface area contributed by atoms with E-state index in [1.807, 2.05) is 69.0 Å². The van der Waals surface area contributed by atoms with E-state index in [0.29, 0.717) is 11.3 Å². The van der Waals surface area contributed by atoms with Crippen molar-refractivity contribution >= 4 is 28.8 Å². The van der Waals surface area contributed by atoms with Crippen LogP contribution < -0.4 is 20.7 Å². The highest BCUT2D eigenvalue weighted by atomic mass is 19.4. The van der Waals surface area contributed by atoms with Crippen LogP contribution in [-0.2, 0) is 26.0 Å². The second kappa shape index (κ2) is 12.0. The number of anilines is 2. The zero-order valence-corrected chi connectivity index (χ0v) is 29.9. The molecule has 1 saturated carbocycles. The Morgan fingerprint density at radius 2 is 1.69 bits per heavy atom. The van der Waals surface area contributed by atoms with Gasteiger partial charge in [-0.3, -0.25) is 24.2 Å². The second-order valence-electron chi connectivity index (χ2n) is 15.9. The maximum atomic E-state index is 13.5. The molecular formula is C38H44F3N7O3. The number of pyridine rings is 1. The summed E-state index contributed by atoms with van der Waals surface area (Å²) >= 11 is 0. The molecule has 51 heavy (non-hydrogen) atoms. The second-order valence-corrected chi connectivity index (χ2v) is 15.9. The first-order valence-corrected chi connectivity index (χ1v) is 17.3. The van der Waals surface area contributed by atoms with E-state index in [-0.39, 0.29) is 40.6 Å². The molecule has 3 N–H and O–H groups in total. The molecule has 1 spiro atoms. The van der Waals surface area contributed by atoms with Crippen molar-refractivity contribution < 1.29 is 27.5 Å². The number of hydrogen-bond donors (Lipinski definition) is 3. The summed E-state index contributed by atoms with van der Waals surface area (Å²) in [5, 5.41) is 17.0. The lowest BCUT2D eigenvalue weighted by Gasteiger charge is -2.33. The number of ether oxygens (including phenoxy) is 1. The minimum absolute atomic E-state index is 0.0275. The standard InChI is InChI=1S/C38H44F3N7O3/c1-35(2,3)21-16-22(18-23(17-21)43-34(50)38(39,40)41)42-32(49)31-30(44-31)27-19-37(27)15-14-28(25-10-8-9-11-26(25)37)51-24-12-13-29-45-46-33(48(29)20-24)36(4,5)47(6)7/h8-13,16-18,20,27-28,30-31,44H,14-15,19H2,1-7H3,(H,42,49)(H,43,50)/t27?,28-,30?,31?,37+/m1/s1. The van der Waals surface area contributed by atoms with Crippen molar-refractivity contribution in [1.82, 2.24) is 24.8 Å². The zero-order chi connectivity index (χ0) is 36.7. The minimum atomic E-state index is -5.03. The number of fused-ring (bicyclic) bond motifs is 3. The predicted octanol–water partition coefficient (Wildman–Crippen LogP) is 6.48. The molecule has 7 rings (SSSR count). The quantitative estimate of drug-likeness (QED) is 0.180. The third kappa shape index (κ3) is 6.46. The molecule has 2 aromatic heterocycles. The Labute approximate surface area is 295 Å². The van der Waals surface area contributed by atoms with Gasteiger partial charge in [0.2, 0.25) is 5.91 Å². The lowest BCUT2D eigenvalue weighted by atomic mass is 9.76. The van der Waals surface area contributed by atoms with Gasteiger partial charge in [0.05, 0.1) is 11.7 Å². The van der Waals surface area contributed by atoms with E-state index in [1.165, 1.54) is 17.7 Å². The monoisotopic (exact) mass is 703 g/mol. The first kappa shape index (κ1) is 34.9. The lowest BCUT2D eigenvalue weighted by molar-refractivity contribution is -0.167. The van der Waals surface area contributed by atoms with Crippen LogP contribution in [0.15, 0.2) is 60.8 Å². The van der Waals surface area contributed by atoms with Crippen molar-refractivity contribution in [3.63, 3.8) is 0 Å². The predicted molar refractivity (Wildman–Crippen MR) is 188 cm³/mol. The number of carbonyl (C=O) groups is 2. The third-order valence-corrected chi connectivity index (χ3v) is 11.1. The normalized spacial score (nSPS) is 24.4. The Morgan fingerprint density at radius 3 is 2.37 bits per heavy atom. The van der Waals surface area contributed by atoms with Crippen molar-refractivity contribution in [2.45, 2.75) is 94.6 Å². The fourth-order valence-corrected chi connectivity index (χ4v) is 7.52. The molecule has 1 aliphatic heterocycles. The van der Waals surface area contributed by atoms with Gasteiger partial charge in [-0.2, -0.15) is 13.2 Å². The summed E-state index contributed by atoms with van der Waals surface area (Å²) in [5.74, 6) is -0.514. The molecule has 3 aliphatic rings. The van der Waals surface area contributed by atoms with Crippen LogP contribution in [0.25, 0.3) is 5.65 Å². The first-order chi connectivity index (χ1) is 23.9. The van der Waals surface area contributed by atoms with Gasteiger partial charge < -0.3 is 15.4 Å². The van der Waals surface area contributed by atoms with Crippen LogP contribution in [0.3, 0.4) is 0 Å². The van der Waals surface area contributed by atoms with Gasteiger partial charge in [0.25, 0.3) is 0 Å². The summed E-state index contributed by atoms with van der Waals surface area (Å²) < 4.78 is 47.6. The van der Waals surface area contributed by atoms with Crippen molar-refractivity contribution in [3.8, 4) is 5.75 Å². The summed E-state index contributed by atoms with van der Waals surface area (Å²) in [6.45, 7) is 9.93. The number of nitrogens with one attached hydrogen (secondary N) is 3. The van der Waals surface area contributed by atoms with Gasteiger partial charge in [-0.05, 0) is 106 Å². The van der Waals surface area contributed by atoms with Gasteiger partial charge in [0.1, 0.15) is 17.9 Å². The van der Waals surface area contributed by atoms with Crippen LogP contribution in [0.2, 0.25) is 0 Å². The number of nitrogens with zero attached hydrogens (tertiary/aromatic N) is 4. The van der Waals surface area contributed by atoms with E-state index in [1.54, 1.807) is 6.07 Å². The fourth-order valence-electron chi connectivity index (χ4n) is 7.52. The molecule has 10 nitrogen and oxygen atoms in total. The highest BCUT2D eigenvalue weighted by molar-refractivity contribution is 5.99. The van der Waals surface area contributed by atoms with Gasteiger partial charge >= 0.3 is 12.1 Å². The van der Waals surface area contributed by atoms with E-state index in [4.69, 9.17) is 4.74 Å². The average molecular weight is 704 g/mol. The van der Waals surface area contributed by atoms with Crippen LogP contribution >= 0.6 is 0 Å². The molecule has 3 heterocycles. The molecule has 0 bridgehead atoms. The number of aromatic nitrogens is 3. The van der Waals surface area contributed by atoms with Crippen LogP contribution in [0.1, 0.15) is 82.5 Å². The summed E-state index contributed by atoms with van der Waals surface area (Å²) in [5.41, 5.74) is 3.28. The van der Waals surface area contributed by atoms with E-state index in [9.17, 15) is 22.8 Å². The minimum Gasteiger partial charge on any atom is -0.484 e. The Balaban J connectivity index is 1.05. The van der Waals surface area contributed by atoms with Crippen molar-refractivity contribution in [2.75, 3.05) is 24.7 Å². The van der Waals surface area contributed by atoms with E-state index < -0.39 is 23.5 Å². The van der Waals surface area contributed by atoms with Crippen molar-refractivity contribution in [1.29, 1.82) is 0 Å². The molecular weight excluding hydrogens is 659 g/mol. The Kier molecular flexibility index (Phi) is 8.25. The average Bonchev–Trinajstić information content (AvgIpc) is 3.95. The van der Waals surface area contributed by atoms with Gasteiger partial charge in [-0.25, -0.2) is 0 Å². The molecule has 4 aromatic rings. The molecule has 0 radical (unpaired) electrons. The molecule has 5 atom stereocenters. The SMILES string of the molecule is CN(C)C(C)(C)c1nnc2ccc(O[C@@H]3CC[C@]4(CC4C4NC4C(=O)Nc4cc(NC(=O)C(F)(F)F)cc(C(C)(C)C)c4)c4ccccc43)cn12. The van der Waals surface area contributed by atoms with Gasteiger partial charge in [-0.15, -0.1) is 10.2 Å². The molecule has 13 heteroatoms. The highest BCUT2D eigenvalue weighted by Crippen LogP contribution is 2.65. The Hall–Kier alpha value is -4.49. The number of rotatable bonds is 8. The van der Waals surface area contributed by atoms with E-state index in [0.717, 1.165) is 42.0 Å². The smallest absolute Gasteiger partial charge is 0.471 e. The largest absolute Gasteiger partial charge is 0.484 e. The summed E-state index contributed by atoms with van der Waals surface area (Å²) in [6.07, 6.45) is -0.530. The lowest BCUT2D eigenvalue weighted by Crippen LogP contribution is -2.37. The number of benzene rings is 2. The molecule has 270 valence electrons. The molecule has 2 aliphatic carbocycles. The molecule has 1 saturated heterocycles. The number of alkyl halides is 3. The summed E-state index contributed by atoms with van der Waals surface area (Å²) in [4.78, 5) is 27.2. The van der Waals surface area contributed by atoms with E-state index >= 15 is 0 Å². The summed E-state index contributed by atoms with van der Waals surface area (Å²) in [7, 11) is 4.03. The Morgan fingerprint density at radius 1 is 0.980 bits per heavy atom. The van der Waals surface area contributed by atoms with Gasteiger partial charge in [0.15, 0.2) is 11.5 Å². The van der Waals surface area contributed by atoms with E-state index in [2.05, 4.69) is 57.8 Å². The van der Waals surface area contributed by atoms with Crippen LogP contribution in [0.5, 0.6) is 5.75 Å². The van der Waals surface area contributed by atoms with Crippen molar-refractivity contribution in [3.05, 3.63) is 83.3 Å². The van der Waals surface area contributed by atoms with Gasteiger partial charge in [-0.1, -0.05) is 45.0 Å². The number of hydrogen-bond acceptors (Lipinski definition) is 7. The fraction of sp³-hybridized carbons (Fsp3) is 0.474. The topological polar surface area (TPSA) is 123 Å². The maximum absolute atomic E-state index is 13.5. The first-order valence-electron chi connectivity index (χ1n) is 17.3. The molecule has 3 unspecified atom stereocenters. The van der Waals surface area contributed by atoms with Crippen LogP contribution in [-0.4, -0.2) is 63.7 Å². The molecule has 2 aromatic carbocycles.